The molecule has 3 rings (SSSR count). The topological polar surface area (TPSA) is 102 Å². The number of hydrogen-bond acceptors (Lipinski definition) is 6. The summed E-state index contributed by atoms with van der Waals surface area (Å²) in [4.78, 5) is 17.9. The molecule has 2 saturated heterocycles. The Morgan fingerprint density at radius 2 is 2.27 bits per heavy atom. The third-order valence-corrected chi connectivity index (χ3v) is 4.65. The molecule has 0 aliphatic carbocycles. The van der Waals surface area contributed by atoms with Gasteiger partial charge < -0.3 is 20.3 Å². The Hall–Kier alpha value is -1.96. The fraction of sp³-hybridized carbons (Fsp3) is 0.714. The number of rotatable bonds is 1. The molecular formula is C14H22N6O2. The minimum Gasteiger partial charge on any atom is -0.381 e. The minimum absolute atomic E-state index is 0.0144. The summed E-state index contributed by atoms with van der Waals surface area (Å²) in [6, 6.07) is -0.132. The van der Waals surface area contributed by atoms with E-state index in [0.717, 1.165) is 37.6 Å². The van der Waals surface area contributed by atoms with Crippen molar-refractivity contribution < 1.29 is 9.53 Å². The number of urea groups is 1. The third-order valence-electron chi connectivity index (χ3n) is 4.65. The number of fused-ring (bicyclic) bond motifs is 1. The van der Waals surface area contributed by atoms with Gasteiger partial charge in [0.1, 0.15) is 0 Å². The lowest BCUT2D eigenvalue weighted by Crippen LogP contribution is -2.51. The van der Waals surface area contributed by atoms with Crippen LogP contribution in [0.2, 0.25) is 0 Å². The van der Waals surface area contributed by atoms with E-state index in [1.807, 2.05) is 20.0 Å². The standard InChI is InChI=1S/C14H22N6O2/c1-14(2)10-7-16-12(17-9-3-5-22-6-4-9)18-11(10)8-20(14)13(21)19-15/h7,9,11,15H,3-6,8H2,1-2H3,(H2,16,17,18). The van der Waals surface area contributed by atoms with Crippen LogP contribution in [-0.4, -0.2) is 54.3 Å². The summed E-state index contributed by atoms with van der Waals surface area (Å²) in [5.74, 6) is 0.744. The van der Waals surface area contributed by atoms with E-state index >= 15 is 0 Å². The summed E-state index contributed by atoms with van der Waals surface area (Å²) in [6.45, 7) is 5.95. The maximum absolute atomic E-state index is 11.8. The van der Waals surface area contributed by atoms with Crippen LogP contribution in [0.3, 0.4) is 0 Å². The molecule has 0 aromatic heterocycles. The smallest absolute Gasteiger partial charge is 0.362 e. The van der Waals surface area contributed by atoms with E-state index in [9.17, 15) is 4.79 Å². The van der Waals surface area contributed by atoms with Crippen LogP contribution in [-0.2, 0) is 4.74 Å². The van der Waals surface area contributed by atoms with Gasteiger partial charge in [0.15, 0.2) is 5.96 Å². The maximum atomic E-state index is 11.8. The Bertz CT molecular complexity index is 535. The predicted octanol–water partition coefficient (Wildman–Crippen LogP) is 1.21. The van der Waals surface area contributed by atoms with E-state index in [4.69, 9.17) is 10.3 Å². The molecule has 0 radical (unpaired) electrons. The van der Waals surface area contributed by atoms with Gasteiger partial charge in [-0.05, 0) is 32.3 Å². The lowest BCUT2D eigenvalue weighted by molar-refractivity contribution is 0.0822. The zero-order chi connectivity index (χ0) is 15.7. The van der Waals surface area contributed by atoms with Crippen molar-refractivity contribution in [3.8, 4) is 0 Å². The lowest BCUT2D eigenvalue weighted by atomic mass is 9.93. The second-order valence-corrected chi connectivity index (χ2v) is 6.35. The summed E-state index contributed by atoms with van der Waals surface area (Å²) >= 11 is 0. The monoisotopic (exact) mass is 306 g/mol. The van der Waals surface area contributed by atoms with Crippen molar-refractivity contribution >= 4 is 12.0 Å². The van der Waals surface area contributed by atoms with Gasteiger partial charge in [-0.1, -0.05) is 5.11 Å². The molecule has 3 heterocycles. The molecule has 8 heteroatoms. The van der Waals surface area contributed by atoms with Crippen molar-refractivity contribution in [2.75, 3.05) is 19.8 Å². The first kappa shape index (κ1) is 15.0. The highest BCUT2D eigenvalue weighted by molar-refractivity contribution is 5.84. The highest BCUT2D eigenvalue weighted by Crippen LogP contribution is 2.35. The first-order valence-corrected chi connectivity index (χ1v) is 7.60. The van der Waals surface area contributed by atoms with Gasteiger partial charge >= 0.3 is 6.03 Å². The van der Waals surface area contributed by atoms with Gasteiger partial charge in [0.2, 0.25) is 0 Å². The average molecular weight is 306 g/mol. The van der Waals surface area contributed by atoms with Gasteiger partial charge in [0.25, 0.3) is 0 Å². The molecule has 3 aliphatic rings. The summed E-state index contributed by atoms with van der Waals surface area (Å²) in [7, 11) is 0. The number of hydrogen-bond donors (Lipinski definition) is 3. The molecule has 0 aromatic carbocycles. The number of aliphatic imine (C=N–C) groups is 1. The average Bonchev–Trinajstić information content (AvgIpc) is 2.78. The number of ether oxygens (including phenoxy) is 1. The van der Waals surface area contributed by atoms with Crippen molar-refractivity contribution in [3.63, 3.8) is 0 Å². The van der Waals surface area contributed by atoms with E-state index in [0.29, 0.717) is 12.6 Å². The zero-order valence-corrected chi connectivity index (χ0v) is 12.9. The van der Waals surface area contributed by atoms with Crippen LogP contribution in [0.1, 0.15) is 26.7 Å². The summed E-state index contributed by atoms with van der Waals surface area (Å²) < 4.78 is 5.35. The van der Waals surface area contributed by atoms with Gasteiger partial charge in [-0.15, -0.1) is 0 Å². The second-order valence-electron chi connectivity index (χ2n) is 6.35. The first-order valence-electron chi connectivity index (χ1n) is 7.60. The van der Waals surface area contributed by atoms with Gasteiger partial charge in [-0.25, -0.2) is 9.79 Å². The highest BCUT2D eigenvalue weighted by Gasteiger charge is 2.47. The Morgan fingerprint density at radius 3 is 2.95 bits per heavy atom. The molecule has 3 aliphatic heterocycles. The van der Waals surface area contributed by atoms with Crippen molar-refractivity contribution in [2.45, 2.75) is 44.3 Å². The van der Waals surface area contributed by atoms with E-state index in [1.165, 1.54) is 0 Å². The lowest BCUT2D eigenvalue weighted by Gasteiger charge is -2.31. The Balaban J connectivity index is 1.71. The fourth-order valence-electron chi connectivity index (χ4n) is 3.29. The molecule has 1 unspecified atom stereocenters. The van der Waals surface area contributed by atoms with E-state index in [2.05, 4.69) is 20.7 Å². The SMILES string of the molecule is CC1(C)C2=CN=C(NC3CCOCC3)NC2CN1C(=O)N=N. The predicted molar refractivity (Wildman–Crippen MR) is 80.7 cm³/mol. The van der Waals surface area contributed by atoms with E-state index < -0.39 is 11.6 Å². The molecule has 2 fully saturated rings. The van der Waals surface area contributed by atoms with Crippen molar-refractivity contribution in [1.82, 2.24) is 15.5 Å². The van der Waals surface area contributed by atoms with Crippen molar-refractivity contribution in [1.29, 1.82) is 5.53 Å². The number of nitrogens with one attached hydrogen (secondary N) is 3. The van der Waals surface area contributed by atoms with Gasteiger partial charge in [-0.3, -0.25) is 0 Å². The van der Waals surface area contributed by atoms with Gasteiger partial charge in [0, 0.05) is 32.0 Å². The number of nitrogens with zero attached hydrogens (tertiary/aromatic N) is 3. The number of amides is 2. The van der Waals surface area contributed by atoms with Gasteiger partial charge in [0.05, 0.1) is 11.6 Å². The summed E-state index contributed by atoms with van der Waals surface area (Å²) in [5.41, 5.74) is 7.53. The summed E-state index contributed by atoms with van der Waals surface area (Å²) in [5, 5.41) is 9.82. The molecule has 2 amide bonds. The second kappa shape index (κ2) is 5.68. The number of guanidine groups is 1. The van der Waals surface area contributed by atoms with Crippen molar-refractivity contribution in [3.05, 3.63) is 11.8 Å². The molecule has 0 spiro atoms. The van der Waals surface area contributed by atoms with Crippen LogP contribution >= 0.6 is 0 Å². The van der Waals surface area contributed by atoms with Crippen molar-refractivity contribution in [2.24, 2.45) is 10.1 Å². The Labute approximate surface area is 129 Å². The quantitative estimate of drug-likeness (QED) is 0.634. The molecular weight excluding hydrogens is 284 g/mol. The third kappa shape index (κ3) is 2.58. The summed E-state index contributed by atoms with van der Waals surface area (Å²) in [6.07, 6.45) is 3.77. The van der Waals surface area contributed by atoms with Gasteiger partial charge in [-0.2, -0.15) is 5.53 Å². The number of carbonyl (C=O) groups excluding carboxylic acids is 1. The molecule has 22 heavy (non-hydrogen) atoms. The van der Waals surface area contributed by atoms with E-state index in [1.54, 1.807) is 4.90 Å². The normalized spacial score (nSPS) is 27.4. The maximum Gasteiger partial charge on any atom is 0.362 e. The number of likely N-dealkylation sites (tertiary alicyclic amines) is 1. The fourth-order valence-corrected chi connectivity index (χ4v) is 3.29. The van der Waals surface area contributed by atoms with Crippen LogP contribution in [0.25, 0.3) is 0 Å². The minimum atomic E-state index is -0.513. The Morgan fingerprint density at radius 1 is 1.55 bits per heavy atom. The molecule has 120 valence electrons. The van der Waals surface area contributed by atoms with Crippen LogP contribution in [0, 0.1) is 5.53 Å². The molecule has 0 bridgehead atoms. The van der Waals surface area contributed by atoms with E-state index in [-0.39, 0.29) is 6.04 Å². The molecule has 1 atom stereocenters. The number of carbonyl (C=O) groups is 1. The van der Waals surface area contributed by atoms with Crippen LogP contribution in [0.4, 0.5) is 4.79 Å². The van der Waals surface area contributed by atoms with Crippen LogP contribution in [0.15, 0.2) is 21.9 Å². The largest absolute Gasteiger partial charge is 0.381 e. The van der Waals surface area contributed by atoms with Crippen LogP contribution in [0.5, 0.6) is 0 Å². The molecule has 0 saturated carbocycles. The Kier molecular flexibility index (Phi) is 3.86. The molecule has 0 aromatic rings. The molecule has 8 nitrogen and oxygen atoms in total. The van der Waals surface area contributed by atoms with Crippen LogP contribution < -0.4 is 10.6 Å². The molecule has 3 N–H and O–H groups in total. The zero-order valence-electron chi connectivity index (χ0n) is 12.9. The first-order chi connectivity index (χ1) is 10.5. The highest BCUT2D eigenvalue weighted by atomic mass is 16.5.